The van der Waals surface area contributed by atoms with Crippen molar-refractivity contribution in [2.75, 3.05) is 4.90 Å². The first-order valence-corrected chi connectivity index (χ1v) is 8.29. The molecule has 1 saturated heterocycles. The number of amides is 2. The molecule has 1 aromatic carbocycles. The molecule has 0 N–H and O–H groups in total. The number of carbonyl (C=O) groups is 2. The second kappa shape index (κ2) is 4.81. The standard InChI is InChI=1S/C19H18ClNO2/c1-9(2)15-12-6-7-13(15)17-16(12)18(22)21(19(17)23)11-5-4-10(3)14(20)8-11/h4-8,12-13,16-17H,1-3H3/t12-,13+,16-,17-/m0/s1. The van der Waals surface area contributed by atoms with Crippen molar-refractivity contribution in [2.24, 2.45) is 23.7 Å². The Hall–Kier alpha value is -1.87. The maximum atomic E-state index is 13.0. The Labute approximate surface area is 140 Å². The van der Waals surface area contributed by atoms with Gasteiger partial charge in [-0.1, -0.05) is 41.0 Å². The van der Waals surface area contributed by atoms with Crippen molar-refractivity contribution in [1.29, 1.82) is 0 Å². The molecule has 3 nitrogen and oxygen atoms in total. The van der Waals surface area contributed by atoms with Gasteiger partial charge in [-0.05, 0) is 38.5 Å². The fourth-order valence-corrected chi connectivity index (χ4v) is 4.58. The Balaban J connectivity index is 1.77. The van der Waals surface area contributed by atoms with Gasteiger partial charge in [-0.15, -0.1) is 0 Å². The third kappa shape index (κ3) is 1.83. The van der Waals surface area contributed by atoms with Crippen LogP contribution in [0.4, 0.5) is 5.69 Å². The Kier molecular flexibility index (Phi) is 3.08. The minimum atomic E-state index is -0.248. The Morgan fingerprint density at radius 3 is 2.09 bits per heavy atom. The van der Waals surface area contributed by atoms with Crippen LogP contribution in [0.25, 0.3) is 0 Å². The summed E-state index contributed by atoms with van der Waals surface area (Å²) in [4.78, 5) is 27.3. The summed E-state index contributed by atoms with van der Waals surface area (Å²) in [6.07, 6.45) is 4.20. The summed E-state index contributed by atoms with van der Waals surface area (Å²) >= 11 is 6.17. The molecule has 4 rings (SSSR count). The van der Waals surface area contributed by atoms with Gasteiger partial charge in [0.05, 0.1) is 17.5 Å². The highest BCUT2D eigenvalue weighted by Crippen LogP contribution is 2.57. The molecule has 0 radical (unpaired) electrons. The van der Waals surface area contributed by atoms with Crippen LogP contribution in [0, 0.1) is 30.6 Å². The van der Waals surface area contributed by atoms with Gasteiger partial charge in [0.1, 0.15) is 0 Å². The van der Waals surface area contributed by atoms with Crippen LogP contribution in [-0.4, -0.2) is 11.8 Å². The first-order valence-electron chi connectivity index (χ1n) is 7.91. The zero-order valence-corrected chi connectivity index (χ0v) is 14.1. The molecule has 2 fully saturated rings. The van der Waals surface area contributed by atoms with Crippen molar-refractivity contribution < 1.29 is 9.59 Å². The fourth-order valence-electron chi connectivity index (χ4n) is 4.41. The molecule has 4 heteroatoms. The molecule has 1 heterocycles. The Morgan fingerprint density at radius 2 is 1.61 bits per heavy atom. The van der Waals surface area contributed by atoms with E-state index in [1.165, 1.54) is 16.0 Å². The van der Waals surface area contributed by atoms with Crippen molar-refractivity contribution >= 4 is 29.1 Å². The van der Waals surface area contributed by atoms with Crippen LogP contribution in [0.5, 0.6) is 0 Å². The monoisotopic (exact) mass is 327 g/mol. The van der Waals surface area contributed by atoms with E-state index >= 15 is 0 Å². The zero-order chi connectivity index (χ0) is 16.5. The van der Waals surface area contributed by atoms with E-state index in [1.54, 1.807) is 12.1 Å². The van der Waals surface area contributed by atoms with Crippen molar-refractivity contribution in [3.63, 3.8) is 0 Å². The minimum absolute atomic E-state index is 0.0809. The SMILES string of the molecule is CC(C)=C1[C@H]2C=C[C@@H]1[C@@H]1C(=O)N(c3ccc(C)c(Cl)c3)C(=O)[C@H]12. The second-order valence-electron chi connectivity index (χ2n) is 6.89. The number of hydrogen-bond acceptors (Lipinski definition) is 2. The summed E-state index contributed by atoms with van der Waals surface area (Å²) in [5, 5.41) is 0.575. The third-order valence-corrected chi connectivity index (χ3v) is 5.81. The quantitative estimate of drug-likeness (QED) is 0.579. The molecular formula is C19H18ClNO2. The normalized spacial score (nSPS) is 31.3. The van der Waals surface area contributed by atoms with Crippen molar-refractivity contribution in [2.45, 2.75) is 20.8 Å². The molecule has 4 atom stereocenters. The van der Waals surface area contributed by atoms with E-state index in [0.717, 1.165) is 5.56 Å². The molecule has 1 aliphatic heterocycles. The summed E-state index contributed by atoms with van der Waals surface area (Å²) in [5.74, 6) is -0.509. The van der Waals surface area contributed by atoms with Gasteiger partial charge in [-0.25, -0.2) is 4.90 Å². The molecule has 0 unspecified atom stereocenters. The van der Waals surface area contributed by atoms with E-state index in [2.05, 4.69) is 26.0 Å². The van der Waals surface area contributed by atoms with Gasteiger partial charge in [0.25, 0.3) is 0 Å². The van der Waals surface area contributed by atoms with E-state index in [1.807, 2.05) is 13.0 Å². The second-order valence-corrected chi connectivity index (χ2v) is 7.30. The predicted octanol–water partition coefficient (Wildman–Crippen LogP) is 3.91. The molecule has 0 aromatic heterocycles. The molecule has 2 aliphatic carbocycles. The van der Waals surface area contributed by atoms with Gasteiger partial charge < -0.3 is 0 Å². The molecule has 2 bridgehead atoms. The van der Waals surface area contributed by atoms with Gasteiger partial charge in [0, 0.05) is 16.9 Å². The number of nitrogens with zero attached hydrogens (tertiary/aromatic N) is 1. The summed E-state index contributed by atoms with van der Waals surface area (Å²) in [6.45, 7) is 6.03. The fraction of sp³-hybridized carbons (Fsp3) is 0.368. The van der Waals surface area contributed by atoms with E-state index < -0.39 is 0 Å². The Morgan fingerprint density at radius 1 is 1.04 bits per heavy atom. The lowest BCUT2D eigenvalue weighted by molar-refractivity contribution is -0.122. The average molecular weight is 328 g/mol. The number of fused-ring (bicyclic) bond motifs is 5. The van der Waals surface area contributed by atoms with Crippen LogP contribution in [0.2, 0.25) is 5.02 Å². The zero-order valence-electron chi connectivity index (χ0n) is 13.3. The molecule has 23 heavy (non-hydrogen) atoms. The molecule has 1 saturated carbocycles. The van der Waals surface area contributed by atoms with Crippen molar-refractivity contribution in [3.8, 4) is 0 Å². The lowest BCUT2D eigenvalue weighted by Gasteiger charge is -2.19. The number of halogens is 1. The molecule has 118 valence electrons. The molecule has 2 amide bonds. The summed E-state index contributed by atoms with van der Waals surface area (Å²) in [5.41, 5.74) is 4.01. The summed E-state index contributed by atoms with van der Waals surface area (Å²) in [6, 6.07) is 5.36. The number of rotatable bonds is 1. The van der Waals surface area contributed by atoms with Crippen LogP contribution < -0.4 is 4.90 Å². The highest BCUT2D eigenvalue weighted by molar-refractivity contribution is 6.32. The van der Waals surface area contributed by atoms with Crippen LogP contribution >= 0.6 is 11.6 Å². The topological polar surface area (TPSA) is 37.4 Å². The van der Waals surface area contributed by atoms with Gasteiger partial charge >= 0.3 is 0 Å². The largest absolute Gasteiger partial charge is 0.274 e. The number of carbonyl (C=O) groups excluding carboxylic acids is 2. The smallest absolute Gasteiger partial charge is 0.238 e. The minimum Gasteiger partial charge on any atom is -0.274 e. The lowest BCUT2D eigenvalue weighted by Crippen LogP contribution is -2.33. The number of aryl methyl sites for hydroxylation is 1. The summed E-state index contributed by atoms with van der Waals surface area (Å²) in [7, 11) is 0. The van der Waals surface area contributed by atoms with Gasteiger partial charge in [-0.3, -0.25) is 9.59 Å². The van der Waals surface area contributed by atoms with Crippen molar-refractivity contribution in [3.05, 3.63) is 52.1 Å². The number of anilines is 1. The molecule has 0 spiro atoms. The van der Waals surface area contributed by atoms with Crippen LogP contribution in [0.3, 0.4) is 0 Å². The lowest BCUT2D eigenvalue weighted by atomic mass is 9.85. The number of allylic oxidation sites excluding steroid dienone is 4. The maximum absolute atomic E-state index is 13.0. The van der Waals surface area contributed by atoms with Gasteiger partial charge in [0.2, 0.25) is 11.8 Å². The van der Waals surface area contributed by atoms with Crippen LogP contribution in [-0.2, 0) is 9.59 Å². The highest BCUT2D eigenvalue weighted by atomic mass is 35.5. The molecular weight excluding hydrogens is 310 g/mol. The van der Waals surface area contributed by atoms with Gasteiger partial charge in [0.15, 0.2) is 0 Å². The molecule has 3 aliphatic rings. The molecule has 1 aromatic rings. The van der Waals surface area contributed by atoms with E-state index in [-0.39, 0.29) is 35.5 Å². The number of benzene rings is 1. The summed E-state index contributed by atoms with van der Waals surface area (Å²) < 4.78 is 0. The van der Waals surface area contributed by atoms with Crippen molar-refractivity contribution in [1.82, 2.24) is 0 Å². The number of imide groups is 1. The van der Waals surface area contributed by atoms with Crippen LogP contribution in [0.15, 0.2) is 41.5 Å². The third-order valence-electron chi connectivity index (χ3n) is 5.41. The highest BCUT2D eigenvalue weighted by Gasteiger charge is 2.61. The van der Waals surface area contributed by atoms with Gasteiger partial charge in [-0.2, -0.15) is 0 Å². The van der Waals surface area contributed by atoms with Crippen LogP contribution in [0.1, 0.15) is 19.4 Å². The Bertz CT molecular complexity index is 770. The maximum Gasteiger partial charge on any atom is 0.238 e. The number of hydrogen-bond donors (Lipinski definition) is 0. The first-order chi connectivity index (χ1) is 10.9. The average Bonchev–Trinajstić information content (AvgIpc) is 3.13. The predicted molar refractivity (Wildman–Crippen MR) is 90.2 cm³/mol. The first kappa shape index (κ1) is 14.7. The van der Waals surface area contributed by atoms with E-state index in [0.29, 0.717) is 10.7 Å². The van der Waals surface area contributed by atoms with E-state index in [4.69, 9.17) is 11.6 Å². The van der Waals surface area contributed by atoms with E-state index in [9.17, 15) is 9.59 Å².